The lowest BCUT2D eigenvalue weighted by Crippen LogP contribution is -2.10. The Hall–Kier alpha value is -6.16. The summed E-state index contributed by atoms with van der Waals surface area (Å²) in [6.45, 7) is 0. The number of hydrogen-bond donors (Lipinski definition) is 0. The molecule has 10 aromatic rings. The average molecular weight is 644 g/mol. The Morgan fingerprint density at radius 3 is 2.00 bits per heavy atom. The molecule has 0 amide bonds. The summed E-state index contributed by atoms with van der Waals surface area (Å²) >= 11 is 1.87. The number of furan rings is 1. The maximum Gasteiger partial charge on any atom is 0.136 e. The highest BCUT2D eigenvalue weighted by molar-refractivity contribution is 7.26. The lowest BCUT2D eigenvalue weighted by Gasteiger charge is -2.26. The van der Waals surface area contributed by atoms with E-state index in [2.05, 4.69) is 169 Å². The highest BCUT2D eigenvalue weighted by atomic mass is 32.1. The van der Waals surface area contributed by atoms with Crippen molar-refractivity contribution in [2.45, 2.75) is 0 Å². The predicted molar refractivity (Wildman–Crippen MR) is 210 cm³/mol. The molecule has 10 rings (SSSR count). The fourth-order valence-electron chi connectivity index (χ4n) is 7.26. The van der Waals surface area contributed by atoms with Gasteiger partial charge in [-0.1, -0.05) is 115 Å². The minimum absolute atomic E-state index is 0.906. The Balaban J connectivity index is 1.12. The van der Waals surface area contributed by atoms with E-state index in [1.165, 1.54) is 47.8 Å². The molecule has 0 aliphatic rings. The van der Waals surface area contributed by atoms with Crippen molar-refractivity contribution in [1.82, 2.24) is 0 Å². The Morgan fingerprint density at radius 2 is 1.10 bits per heavy atom. The molecule has 49 heavy (non-hydrogen) atoms. The average Bonchev–Trinajstić information content (AvgIpc) is 3.73. The second kappa shape index (κ2) is 11.2. The van der Waals surface area contributed by atoms with Crippen molar-refractivity contribution < 1.29 is 4.42 Å². The van der Waals surface area contributed by atoms with Crippen molar-refractivity contribution in [3.8, 4) is 22.3 Å². The number of nitrogens with zero attached hydrogens (tertiary/aromatic N) is 1. The number of anilines is 3. The molecule has 0 spiro atoms. The van der Waals surface area contributed by atoms with Crippen LogP contribution < -0.4 is 4.90 Å². The highest BCUT2D eigenvalue weighted by Gasteiger charge is 2.17. The van der Waals surface area contributed by atoms with E-state index in [0.717, 1.165) is 44.4 Å². The van der Waals surface area contributed by atoms with Crippen LogP contribution in [0, 0.1) is 0 Å². The van der Waals surface area contributed by atoms with Gasteiger partial charge in [0, 0.05) is 48.0 Å². The smallest absolute Gasteiger partial charge is 0.136 e. The van der Waals surface area contributed by atoms with E-state index in [4.69, 9.17) is 4.42 Å². The number of thiophene rings is 1. The van der Waals surface area contributed by atoms with Gasteiger partial charge in [0.1, 0.15) is 11.2 Å². The first-order chi connectivity index (χ1) is 24.3. The normalized spacial score (nSPS) is 11.7. The molecule has 3 heteroatoms. The van der Waals surface area contributed by atoms with Gasteiger partial charge in [-0.3, -0.25) is 0 Å². The van der Waals surface area contributed by atoms with Crippen LogP contribution in [0.1, 0.15) is 0 Å². The van der Waals surface area contributed by atoms with Gasteiger partial charge in [0.15, 0.2) is 0 Å². The first kappa shape index (κ1) is 27.9. The Kier molecular flexibility index (Phi) is 6.39. The predicted octanol–water partition coefficient (Wildman–Crippen LogP) is 13.9. The summed E-state index contributed by atoms with van der Waals surface area (Å²) in [5.74, 6) is 0. The highest BCUT2D eigenvalue weighted by Crippen LogP contribution is 2.43. The van der Waals surface area contributed by atoms with Gasteiger partial charge in [-0.15, -0.1) is 11.3 Å². The van der Waals surface area contributed by atoms with Crippen LogP contribution in [-0.2, 0) is 0 Å². The van der Waals surface area contributed by atoms with E-state index in [0.29, 0.717) is 0 Å². The van der Waals surface area contributed by atoms with E-state index in [-0.39, 0.29) is 0 Å². The van der Waals surface area contributed by atoms with Crippen LogP contribution in [0.5, 0.6) is 0 Å². The van der Waals surface area contributed by atoms with Gasteiger partial charge in [-0.25, -0.2) is 0 Å². The maximum absolute atomic E-state index is 6.29. The second-order valence-electron chi connectivity index (χ2n) is 12.6. The number of rotatable bonds is 5. The van der Waals surface area contributed by atoms with E-state index >= 15 is 0 Å². The zero-order valence-corrected chi connectivity index (χ0v) is 27.3. The second-order valence-corrected chi connectivity index (χ2v) is 13.6. The third kappa shape index (κ3) is 4.70. The summed E-state index contributed by atoms with van der Waals surface area (Å²) in [7, 11) is 0. The van der Waals surface area contributed by atoms with Crippen LogP contribution >= 0.6 is 11.3 Å². The van der Waals surface area contributed by atoms with Crippen LogP contribution in [0.15, 0.2) is 180 Å². The minimum Gasteiger partial charge on any atom is -0.456 e. The molecule has 0 radical (unpaired) electrons. The van der Waals surface area contributed by atoms with Gasteiger partial charge >= 0.3 is 0 Å². The van der Waals surface area contributed by atoms with Gasteiger partial charge in [-0.05, 0) is 93.7 Å². The van der Waals surface area contributed by atoms with Crippen LogP contribution in [0.2, 0.25) is 0 Å². The third-order valence-corrected chi connectivity index (χ3v) is 10.8. The topological polar surface area (TPSA) is 16.4 Å². The molecule has 0 atom stereocenters. The van der Waals surface area contributed by atoms with Gasteiger partial charge in [0.05, 0.1) is 0 Å². The summed E-state index contributed by atoms with van der Waals surface area (Å²) < 4.78 is 8.94. The van der Waals surface area contributed by atoms with Crippen molar-refractivity contribution >= 4 is 81.3 Å². The zero-order chi connectivity index (χ0) is 32.3. The number of hydrogen-bond acceptors (Lipinski definition) is 3. The number of benzene rings is 8. The molecule has 2 nitrogen and oxygen atoms in total. The summed E-state index contributed by atoms with van der Waals surface area (Å²) in [4.78, 5) is 2.36. The maximum atomic E-state index is 6.29. The van der Waals surface area contributed by atoms with E-state index < -0.39 is 0 Å². The van der Waals surface area contributed by atoms with Crippen LogP contribution in [0.25, 0.3) is 75.1 Å². The SMILES string of the molecule is c1ccc(-c2cccc(N(c3ccc(-c4cccc5c4sc4ccccc45)cc3)c3ccc4cc5c(cc4c3)oc3ccccc35)c2)cc1. The molecule has 8 aromatic carbocycles. The number of fused-ring (bicyclic) bond motifs is 7. The summed E-state index contributed by atoms with van der Waals surface area (Å²) in [6, 6.07) is 63.3. The molecule has 230 valence electrons. The van der Waals surface area contributed by atoms with Crippen molar-refractivity contribution in [3.05, 3.63) is 176 Å². The standard InChI is InChI=1S/C46H29NOS/c1-2-10-30(11-3-1)32-12-8-13-36(26-32)47(37-25-22-33-28-42-39-14-4-6-18-43(39)48-44(42)29-34(33)27-37)35-23-20-31(21-24-35)38-16-9-17-41-40-15-5-7-19-45(40)49-46(38)41/h1-29H. The summed E-state index contributed by atoms with van der Waals surface area (Å²) in [5, 5.41) is 7.26. The van der Waals surface area contributed by atoms with Gasteiger partial charge in [0.25, 0.3) is 0 Å². The largest absolute Gasteiger partial charge is 0.456 e. The lowest BCUT2D eigenvalue weighted by atomic mass is 10.0. The molecule has 0 unspecified atom stereocenters. The molecule has 0 bridgehead atoms. The van der Waals surface area contributed by atoms with Gasteiger partial charge in [-0.2, -0.15) is 0 Å². The van der Waals surface area contributed by atoms with Gasteiger partial charge < -0.3 is 9.32 Å². The van der Waals surface area contributed by atoms with E-state index in [1.54, 1.807) is 0 Å². The molecule has 0 saturated heterocycles. The van der Waals surface area contributed by atoms with Crippen molar-refractivity contribution in [2.75, 3.05) is 4.90 Å². The van der Waals surface area contributed by atoms with Gasteiger partial charge in [0.2, 0.25) is 0 Å². The molecular formula is C46H29NOS. The molecule has 0 N–H and O–H groups in total. The van der Waals surface area contributed by atoms with Crippen molar-refractivity contribution in [1.29, 1.82) is 0 Å². The Labute approximate surface area is 287 Å². The van der Waals surface area contributed by atoms with Crippen molar-refractivity contribution in [3.63, 3.8) is 0 Å². The molecule has 2 heterocycles. The molecule has 0 fully saturated rings. The molecule has 2 aromatic heterocycles. The molecular weight excluding hydrogens is 615 g/mol. The molecule has 0 aliphatic heterocycles. The quantitative estimate of drug-likeness (QED) is 0.186. The number of para-hydroxylation sites is 1. The van der Waals surface area contributed by atoms with Crippen LogP contribution in [0.3, 0.4) is 0 Å². The fraction of sp³-hybridized carbons (Fsp3) is 0. The summed E-state index contributed by atoms with van der Waals surface area (Å²) in [6.07, 6.45) is 0. The summed E-state index contributed by atoms with van der Waals surface area (Å²) in [5.41, 5.74) is 9.97. The van der Waals surface area contributed by atoms with Crippen LogP contribution in [-0.4, -0.2) is 0 Å². The van der Waals surface area contributed by atoms with E-state index in [1.807, 2.05) is 23.5 Å². The molecule has 0 aliphatic carbocycles. The fourth-order valence-corrected chi connectivity index (χ4v) is 8.50. The Morgan fingerprint density at radius 1 is 0.388 bits per heavy atom. The lowest BCUT2D eigenvalue weighted by molar-refractivity contribution is 0.669. The monoisotopic (exact) mass is 643 g/mol. The minimum atomic E-state index is 0.906. The first-order valence-corrected chi connectivity index (χ1v) is 17.4. The van der Waals surface area contributed by atoms with E-state index in [9.17, 15) is 0 Å². The molecule has 0 saturated carbocycles. The zero-order valence-electron chi connectivity index (χ0n) is 26.5. The van der Waals surface area contributed by atoms with Crippen molar-refractivity contribution in [2.24, 2.45) is 0 Å². The third-order valence-electron chi connectivity index (χ3n) is 9.63. The van der Waals surface area contributed by atoms with Crippen LogP contribution in [0.4, 0.5) is 17.1 Å². The first-order valence-electron chi connectivity index (χ1n) is 16.6. The Bertz CT molecular complexity index is 2830.